The van der Waals surface area contributed by atoms with Gasteiger partial charge in [0.2, 0.25) is 11.9 Å². The molecule has 10 nitrogen and oxygen atoms in total. The number of piperidine rings is 1. The van der Waals surface area contributed by atoms with Gasteiger partial charge in [-0.05, 0) is 45.1 Å². The van der Waals surface area contributed by atoms with Gasteiger partial charge in [0.1, 0.15) is 11.4 Å². The third kappa shape index (κ3) is 5.43. The van der Waals surface area contributed by atoms with Crippen molar-refractivity contribution < 1.29 is 9.53 Å². The molecule has 3 aromatic heterocycles. The molecule has 1 aromatic carbocycles. The number of anilines is 4. The molecule has 204 valence electrons. The lowest BCUT2D eigenvalue weighted by Gasteiger charge is -2.37. The van der Waals surface area contributed by atoms with Gasteiger partial charge in [0.05, 0.1) is 40.3 Å². The van der Waals surface area contributed by atoms with Crippen LogP contribution in [0.4, 0.5) is 23.0 Å². The summed E-state index contributed by atoms with van der Waals surface area (Å²) in [5, 5.41) is 7.57. The fourth-order valence-electron chi connectivity index (χ4n) is 5.03. The highest BCUT2D eigenvalue weighted by molar-refractivity contribution is 6.36. The monoisotopic (exact) mass is 548 g/mol. The Morgan fingerprint density at radius 3 is 2.67 bits per heavy atom. The Balaban J connectivity index is 1.54. The van der Waals surface area contributed by atoms with E-state index in [4.69, 9.17) is 21.3 Å². The van der Waals surface area contributed by atoms with E-state index in [-0.39, 0.29) is 5.91 Å². The largest absolute Gasteiger partial charge is 0.494 e. The van der Waals surface area contributed by atoms with Crippen LogP contribution in [-0.2, 0) is 11.8 Å². The molecule has 1 amide bonds. The van der Waals surface area contributed by atoms with E-state index in [9.17, 15) is 4.79 Å². The predicted octanol–water partition coefficient (Wildman–Crippen LogP) is 5.02. The maximum absolute atomic E-state index is 12.4. The van der Waals surface area contributed by atoms with E-state index in [1.54, 1.807) is 13.3 Å². The molecule has 1 aliphatic rings. The number of H-pyrrole nitrogens is 1. The number of hydrogen-bond acceptors (Lipinski definition) is 7. The minimum atomic E-state index is -0.291. The molecule has 1 fully saturated rings. The Kier molecular flexibility index (Phi) is 7.49. The molecule has 4 aromatic rings. The first-order valence-corrected chi connectivity index (χ1v) is 13.2. The average molecular weight is 549 g/mol. The van der Waals surface area contributed by atoms with E-state index in [1.165, 1.54) is 6.08 Å². The maximum atomic E-state index is 12.4. The number of aryl methyl sites for hydroxylation is 1. The lowest BCUT2D eigenvalue weighted by molar-refractivity contribution is -0.111. The van der Waals surface area contributed by atoms with Crippen LogP contribution in [-0.4, -0.2) is 70.7 Å². The van der Waals surface area contributed by atoms with Crippen molar-refractivity contribution in [1.82, 2.24) is 24.4 Å². The van der Waals surface area contributed by atoms with Crippen molar-refractivity contribution in [2.75, 3.05) is 49.8 Å². The molecule has 1 saturated heterocycles. The Labute approximate surface area is 232 Å². The zero-order valence-electron chi connectivity index (χ0n) is 22.6. The highest BCUT2D eigenvalue weighted by atomic mass is 35.5. The molecule has 3 N–H and O–H groups in total. The molecule has 0 bridgehead atoms. The van der Waals surface area contributed by atoms with Crippen molar-refractivity contribution in [3.8, 4) is 17.0 Å². The van der Waals surface area contributed by atoms with Crippen LogP contribution in [0.3, 0.4) is 0 Å². The second-order valence-electron chi connectivity index (χ2n) is 9.89. The van der Waals surface area contributed by atoms with Gasteiger partial charge in [-0.3, -0.25) is 4.79 Å². The minimum absolute atomic E-state index is 0.291. The molecule has 0 unspecified atom stereocenters. The standard InChI is InChI=1S/C28H33ClN8O2/c1-6-24(38)31-20-13-21(23(39-5)14-22(20)37-11-8-18(9-12-37)35(2)3)32-28-33-26(17-7-10-36(4)16-17)25-19(29)15-30-27(25)34-28/h6-7,10,13-16,18H,1,8-9,11-12H2,2-5H3,(H,31,38)(H2,30,32,33,34). The maximum Gasteiger partial charge on any atom is 0.247 e. The number of benzene rings is 1. The quantitative estimate of drug-likeness (QED) is 0.265. The van der Waals surface area contributed by atoms with Crippen molar-refractivity contribution in [3.05, 3.63) is 54.5 Å². The SMILES string of the molecule is C=CC(=O)Nc1cc(Nc2nc(-c3ccn(C)c3)c3c(Cl)c[nH]c3n2)c(OC)cc1N1CCC(N(C)C)CC1. The Morgan fingerprint density at radius 1 is 1.26 bits per heavy atom. The Morgan fingerprint density at radius 2 is 2.03 bits per heavy atom. The van der Waals surface area contributed by atoms with Crippen LogP contribution in [0.2, 0.25) is 5.02 Å². The van der Waals surface area contributed by atoms with Gasteiger partial charge in [0.25, 0.3) is 0 Å². The summed E-state index contributed by atoms with van der Waals surface area (Å²) in [6.45, 7) is 5.35. The third-order valence-electron chi connectivity index (χ3n) is 7.13. The number of aromatic amines is 1. The molecule has 0 atom stereocenters. The molecule has 1 aliphatic heterocycles. The van der Waals surface area contributed by atoms with Gasteiger partial charge in [-0.1, -0.05) is 18.2 Å². The number of ether oxygens (including phenoxy) is 1. The van der Waals surface area contributed by atoms with Crippen LogP contribution >= 0.6 is 11.6 Å². The van der Waals surface area contributed by atoms with E-state index in [1.807, 2.05) is 42.2 Å². The highest BCUT2D eigenvalue weighted by Crippen LogP contribution is 2.40. The summed E-state index contributed by atoms with van der Waals surface area (Å²) in [5.74, 6) is 0.671. The predicted molar refractivity (Wildman–Crippen MR) is 157 cm³/mol. The smallest absolute Gasteiger partial charge is 0.247 e. The number of aromatic nitrogens is 4. The topological polar surface area (TPSA) is 103 Å². The van der Waals surface area contributed by atoms with Gasteiger partial charge in [-0.25, -0.2) is 4.98 Å². The Bertz CT molecular complexity index is 1520. The van der Waals surface area contributed by atoms with E-state index < -0.39 is 0 Å². The molecule has 11 heteroatoms. The minimum Gasteiger partial charge on any atom is -0.494 e. The zero-order chi connectivity index (χ0) is 27.7. The number of fused-ring (bicyclic) bond motifs is 1. The lowest BCUT2D eigenvalue weighted by atomic mass is 10.0. The van der Waals surface area contributed by atoms with Crippen LogP contribution in [0.5, 0.6) is 5.75 Å². The number of hydrogen-bond donors (Lipinski definition) is 3. The molecular weight excluding hydrogens is 516 g/mol. The van der Waals surface area contributed by atoms with E-state index in [0.29, 0.717) is 45.5 Å². The summed E-state index contributed by atoms with van der Waals surface area (Å²) >= 11 is 6.48. The third-order valence-corrected chi connectivity index (χ3v) is 7.43. The Hall–Kier alpha value is -4.02. The van der Waals surface area contributed by atoms with Gasteiger partial charge in [0, 0.05) is 56.4 Å². The van der Waals surface area contributed by atoms with E-state index in [2.05, 4.69) is 51.1 Å². The molecule has 0 saturated carbocycles. The van der Waals surface area contributed by atoms with Gasteiger partial charge in [-0.2, -0.15) is 4.98 Å². The molecule has 0 radical (unpaired) electrons. The van der Waals surface area contributed by atoms with Crippen molar-refractivity contribution in [2.45, 2.75) is 18.9 Å². The van der Waals surface area contributed by atoms with Crippen LogP contribution in [0.15, 0.2) is 49.4 Å². The molecule has 39 heavy (non-hydrogen) atoms. The number of methoxy groups -OCH3 is 1. The second-order valence-corrected chi connectivity index (χ2v) is 10.3. The fraction of sp³-hybridized carbons (Fsp3) is 0.321. The summed E-state index contributed by atoms with van der Waals surface area (Å²) in [4.78, 5) is 29.5. The number of carbonyl (C=O) groups is 1. The normalized spacial score (nSPS) is 14.2. The van der Waals surface area contributed by atoms with Crippen molar-refractivity contribution >= 4 is 51.6 Å². The summed E-state index contributed by atoms with van der Waals surface area (Å²) < 4.78 is 7.74. The number of halogens is 1. The molecular formula is C28H33ClN8O2. The fourth-order valence-corrected chi connectivity index (χ4v) is 5.26. The number of amides is 1. The number of nitrogens with zero attached hydrogens (tertiary/aromatic N) is 5. The van der Waals surface area contributed by atoms with E-state index >= 15 is 0 Å². The molecule has 0 spiro atoms. The first kappa shape index (κ1) is 26.6. The molecule has 5 rings (SSSR count). The van der Waals surface area contributed by atoms with Gasteiger partial charge in [0.15, 0.2) is 0 Å². The number of rotatable bonds is 8. The lowest BCUT2D eigenvalue weighted by Crippen LogP contribution is -2.42. The van der Waals surface area contributed by atoms with Crippen molar-refractivity contribution in [1.29, 1.82) is 0 Å². The summed E-state index contributed by atoms with van der Waals surface area (Å²) in [6.07, 6.45) is 8.95. The van der Waals surface area contributed by atoms with Gasteiger partial charge >= 0.3 is 0 Å². The van der Waals surface area contributed by atoms with Crippen molar-refractivity contribution in [2.24, 2.45) is 7.05 Å². The van der Waals surface area contributed by atoms with E-state index in [0.717, 1.165) is 42.6 Å². The number of nitrogens with one attached hydrogen (secondary N) is 3. The number of carbonyl (C=O) groups excluding carboxylic acids is 1. The highest BCUT2D eigenvalue weighted by Gasteiger charge is 2.25. The average Bonchev–Trinajstić information content (AvgIpc) is 3.53. The molecule has 4 heterocycles. The van der Waals surface area contributed by atoms with Gasteiger partial charge in [-0.15, -0.1) is 0 Å². The van der Waals surface area contributed by atoms with Crippen LogP contribution < -0.4 is 20.3 Å². The molecule has 0 aliphatic carbocycles. The summed E-state index contributed by atoms with van der Waals surface area (Å²) in [5.41, 5.74) is 4.38. The zero-order valence-corrected chi connectivity index (χ0v) is 23.3. The first-order chi connectivity index (χ1) is 18.8. The summed E-state index contributed by atoms with van der Waals surface area (Å²) in [7, 11) is 7.80. The van der Waals surface area contributed by atoms with Gasteiger partial charge < -0.3 is 34.7 Å². The van der Waals surface area contributed by atoms with Crippen LogP contribution in [0.1, 0.15) is 12.8 Å². The van der Waals surface area contributed by atoms with Crippen molar-refractivity contribution in [3.63, 3.8) is 0 Å². The van der Waals surface area contributed by atoms with Crippen LogP contribution in [0, 0.1) is 0 Å². The first-order valence-electron chi connectivity index (χ1n) is 12.8. The summed E-state index contributed by atoms with van der Waals surface area (Å²) in [6, 6.07) is 6.30. The second kappa shape index (κ2) is 11.0. The van der Waals surface area contributed by atoms with Crippen LogP contribution in [0.25, 0.3) is 22.3 Å².